The fourth-order valence-electron chi connectivity index (χ4n) is 2.30. The number of rotatable bonds is 6. The van der Waals surface area contributed by atoms with E-state index < -0.39 is 6.10 Å². The third-order valence-corrected chi connectivity index (χ3v) is 4.52. The minimum absolute atomic E-state index is 0.300. The van der Waals surface area contributed by atoms with Crippen LogP contribution in [0.1, 0.15) is 46.8 Å². The van der Waals surface area contributed by atoms with E-state index >= 15 is 0 Å². The summed E-state index contributed by atoms with van der Waals surface area (Å²) in [5.41, 5.74) is 0. The number of nitrogens with zero attached hydrogens (tertiary/aromatic N) is 1. The van der Waals surface area contributed by atoms with E-state index in [0.717, 1.165) is 30.9 Å². The number of carbonyl (C=O) groups excluding carboxylic acids is 1. The molecule has 1 N–H and O–H groups in total. The van der Waals surface area contributed by atoms with Crippen LogP contribution in [0.5, 0.6) is 0 Å². The summed E-state index contributed by atoms with van der Waals surface area (Å²) < 4.78 is 4.94. The van der Waals surface area contributed by atoms with E-state index in [4.69, 9.17) is 4.74 Å². The van der Waals surface area contributed by atoms with Gasteiger partial charge < -0.3 is 14.7 Å². The Morgan fingerprint density at radius 2 is 2.21 bits per heavy atom. The van der Waals surface area contributed by atoms with Crippen molar-refractivity contribution in [1.29, 1.82) is 0 Å². The lowest BCUT2D eigenvalue weighted by atomic mass is 10.2. The van der Waals surface area contributed by atoms with Crippen LogP contribution in [0.3, 0.4) is 0 Å². The smallest absolute Gasteiger partial charge is 0.348 e. The van der Waals surface area contributed by atoms with Gasteiger partial charge in [-0.25, -0.2) is 4.79 Å². The number of hydrogen-bond acceptors (Lipinski definition) is 5. The fraction of sp³-hybridized carbons (Fsp3) is 0.643. The van der Waals surface area contributed by atoms with Gasteiger partial charge in [0.25, 0.3) is 0 Å². The predicted octanol–water partition coefficient (Wildman–Crippen LogP) is 2.44. The van der Waals surface area contributed by atoms with Gasteiger partial charge in [0.1, 0.15) is 4.88 Å². The minimum atomic E-state index is -0.478. The molecule has 1 aliphatic heterocycles. The Morgan fingerprint density at radius 3 is 2.89 bits per heavy atom. The largest absolute Gasteiger partial charge is 0.462 e. The lowest BCUT2D eigenvalue weighted by molar-refractivity contribution is 0.0532. The van der Waals surface area contributed by atoms with Crippen LogP contribution in [0.2, 0.25) is 0 Å². The number of aliphatic hydroxyl groups excluding tert-OH is 1. The summed E-state index contributed by atoms with van der Waals surface area (Å²) in [4.78, 5) is 15.3. The van der Waals surface area contributed by atoms with Crippen LogP contribution in [-0.2, 0) is 4.74 Å². The second-order valence-electron chi connectivity index (χ2n) is 4.78. The van der Waals surface area contributed by atoms with Crippen molar-refractivity contribution in [1.82, 2.24) is 4.90 Å². The highest BCUT2D eigenvalue weighted by atomic mass is 32.1. The van der Waals surface area contributed by atoms with E-state index in [-0.39, 0.29) is 5.97 Å². The number of carbonyl (C=O) groups is 1. The van der Waals surface area contributed by atoms with Crippen LogP contribution in [0.15, 0.2) is 12.1 Å². The zero-order valence-electron chi connectivity index (χ0n) is 11.3. The zero-order chi connectivity index (χ0) is 13.7. The van der Waals surface area contributed by atoms with Crippen molar-refractivity contribution >= 4 is 17.3 Å². The summed E-state index contributed by atoms with van der Waals surface area (Å²) in [5, 5.41) is 10.1. The molecule has 0 radical (unpaired) electrons. The predicted molar refractivity (Wildman–Crippen MR) is 75.5 cm³/mol. The molecule has 1 aromatic heterocycles. The number of esters is 1. The third-order valence-electron chi connectivity index (χ3n) is 3.35. The molecule has 106 valence electrons. The summed E-state index contributed by atoms with van der Waals surface area (Å²) in [5.74, 6) is -0.300. The molecule has 2 heterocycles. The molecule has 1 aromatic rings. The molecule has 0 aliphatic carbocycles. The van der Waals surface area contributed by atoms with Gasteiger partial charge in [-0.15, -0.1) is 11.3 Å². The van der Waals surface area contributed by atoms with Crippen LogP contribution in [0, 0.1) is 0 Å². The molecule has 1 saturated heterocycles. The van der Waals surface area contributed by atoms with E-state index in [2.05, 4.69) is 4.90 Å². The summed E-state index contributed by atoms with van der Waals surface area (Å²) >= 11 is 1.33. The standard InChI is InChI=1S/C14H21NO3S/c1-2-18-14(17)13-6-5-12(19-13)11(16)7-10-15-8-3-4-9-15/h5-6,11,16H,2-4,7-10H2,1H3. The molecule has 0 bridgehead atoms. The quantitative estimate of drug-likeness (QED) is 0.815. The lowest BCUT2D eigenvalue weighted by Crippen LogP contribution is -2.21. The van der Waals surface area contributed by atoms with Crippen LogP contribution in [0.25, 0.3) is 0 Å². The van der Waals surface area contributed by atoms with Crippen molar-refractivity contribution in [3.05, 3.63) is 21.9 Å². The first-order valence-electron chi connectivity index (χ1n) is 6.88. The second-order valence-corrected chi connectivity index (χ2v) is 5.89. The lowest BCUT2D eigenvalue weighted by Gasteiger charge is -2.16. The molecule has 0 amide bonds. The van der Waals surface area contributed by atoms with Gasteiger partial charge in [-0.1, -0.05) is 0 Å². The Labute approximate surface area is 118 Å². The van der Waals surface area contributed by atoms with Crippen molar-refractivity contribution < 1.29 is 14.6 Å². The zero-order valence-corrected chi connectivity index (χ0v) is 12.1. The SMILES string of the molecule is CCOC(=O)c1ccc(C(O)CCN2CCCC2)s1. The molecular weight excluding hydrogens is 262 g/mol. The molecule has 0 aromatic carbocycles. The Kier molecular flexibility index (Phi) is 5.36. The van der Waals surface area contributed by atoms with Gasteiger partial charge in [0, 0.05) is 11.4 Å². The Balaban J connectivity index is 1.84. The number of ether oxygens (including phenoxy) is 1. The monoisotopic (exact) mass is 283 g/mol. The maximum Gasteiger partial charge on any atom is 0.348 e. The molecule has 2 rings (SSSR count). The normalized spacial score (nSPS) is 17.6. The Hall–Kier alpha value is -0.910. The molecule has 0 saturated carbocycles. The molecule has 1 aliphatic rings. The number of likely N-dealkylation sites (tertiary alicyclic amines) is 1. The van der Waals surface area contributed by atoms with Crippen molar-refractivity contribution in [3.63, 3.8) is 0 Å². The number of hydrogen-bond donors (Lipinski definition) is 1. The average Bonchev–Trinajstić information content (AvgIpc) is 3.07. The summed E-state index contributed by atoms with van der Waals surface area (Å²) in [6.45, 7) is 5.38. The van der Waals surface area contributed by atoms with Crippen molar-refractivity contribution in [2.45, 2.75) is 32.3 Å². The molecule has 1 atom stereocenters. The van der Waals surface area contributed by atoms with Gasteiger partial charge in [0.05, 0.1) is 12.7 Å². The maximum atomic E-state index is 11.5. The highest BCUT2D eigenvalue weighted by Crippen LogP contribution is 2.26. The number of thiophene rings is 1. The molecular formula is C14H21NO3S. The second kappa shape index (κ2) is 7.03. The van der Waals surface area contributed by atoms with Gasteiger partial charge in [-0.3, -0.25) is 0 Å². The van der Waals surface area contributed by atoms with Crippen molar-refractivity contribution in [3.8, 4) is 0 Å². The van der Waals surface area contributed by atoms with Gasteiger partial charge in [0.15, 0.2) is 0 Å². The average molecular weight is 283 g/mol. The minimum Gasteiger partial charge on any atom is -0.462 e. The van der Waals surface area contributed by atoms with Crippen LogP contribution >= 0.6 is 11.3 Å². The third kappa shape index (κ3) is 4.03. The molecule has 4 nitrogen and oxygen atoms in total. The van der Waals surface area contributed by atoms with Gasteiger partial charge in [-0.2, -0.15) is 0 Å². The maximum absolute atomic E-state index is 11.5. The Bertz CT molecular complexity index is 413. The van der Waals surface area contributed by atoms with E-state index in [1.54, 1.807) is 13.0 Å². The van der Waals surface area contributed by atoms with Crippen LogP contribution in [-0.4, -0.2) is 42.2 Å². The van der Waals surface area contributed by atoms with Gasteiger partial charge in [0.2, 0.25) is 0 Å². The molecule has 19 heavy (non-hydrogen) atoms. The van der Waals surface area contributed by atoms with E-state index in [1.165, 1.54) is 24.2 Å². The van der Waals surface area contributed by atoms with Crippen LogP contribution in [0.4, 0.5) is 0 Å². The van der Waals surface area contributed by atoms with E-state index in [1.807, 2.05) is 6.07 Å². The summed E-state index contributed by atoms with van der Waals surface area (Å²) in [6.07, 6.45) is 2.78. The van der Waals surface area contributed by atoms with Gasteiger partial charge >= 0.3 is 5.97 Å². The summed E-state index contributed by atoms with van der Waals surface area (Å²) in [6, 6.07) is 3.56. The number of aliphatic hydroxyl groups is 1. The van der Waals surface area contributed by atoms with E-state index in [9.17, 15) is 9.90 Å². The molecule has 0 spiro atoms. The first-order chi connectivity index (χ1) is 9.20. The first kappa shape index (κ1) is 14.5. The van der Waals surface area contributed by atoms with E-state index in [0.29, 0.717) is 11.5 Å². The highest BCUT2D eigenvalue weighted by Gasteiger charge is 2.17. The molecule has 1 fully saturated rings. The Morgan fingerprint density at radius 1 is 1.47 bits per heavy atom. The van der Waals surface area contributed by atoms with Crippen LogP contribution < -0.4 is 0 Å². The highest BCUT2D eigenvalue weighted by molar-refractivity contribution is 7.14. The van der Waals surface area contributed by atoms with Gasteiger partial charge in [-0.05, 0) is 51.4 Å². The topological polar surface area (TPSA) is 49.8 Å². The summed E-state index contributed by atoms with van der Waals surface area (Å²) in [7, 11) is 0. The van der Waals surface area contributed by atoms with Crippen molar-refractivity contribution in [2.75, 3.05) is 26.2 Å². The molecule has 5 heteroatoms. The first-order valence-corrected chi connectivity index (χ1v) is 7.69. The molecule has 1 unspecified atom stereocenters. The fourth-order valence-corrected chi connectivity index (χ4v) is 3.22. The van der Waals surface area contributed by atoms with Crippen molar-refractivity contribution in [2.24, 2.45) is 0 Å².